The average Bonchev–Trinajstić information content (AvgIpc) is 2.54. The van der Waals surface area contributed by atoms with Gasteiger partial charge in [-0.2, -0.15) is 0 Å². The molecule has 0 spiro atoms. The van der Waals surface area contributed by atoms with E-state index >= 15 is 0 Å². The molecule has 0 saturated carbocycles. The predicted octanol–water partition coefficient (Wildman–Crippen LogP) is 4.03. The third kappa shape index (κ3) is 3.77. The van der Waals surface area contributed by atoms with Crippen molar-refractivity contribution in [3.05, 3.63) is 51.6 Å². The molecule has 8 heteroatoms. The summed E-state index contributed by atoms with van der Waals surface area (Å²) in [5, 5.41) is 9.65. The fraction of sp³-hybridized carbons (Fsp3) is 0.188. The van der Waals surface area contributed by atoms with E-state index in [0.29, 0.717) is 16.5 Å². The Morgan fingerprint density at radius 2 is 1.92 bits per heavy atom. The number of nitrogens with zero attached hydrogens (tertiary/aromatic N) is 2. The Labute approximate surface area is 148 Å². The first-order valence-corrected chi connectivity index (χ1v) is 7.70. The summed E-state index contributed by atoms with van der Waals surface area (Å²) in [6.45, 7) is 1.95. The van der Waals surface area contributed by atoms with Gasteiger partial charge >= 0.3 is 11.9 Å². The van der Waals surface area contributed by atoms with Crippen LogP contribution in [-0.2, 0) is 4.74 Å². The molecule has 1 heterocycles. The number of benzene rings is 1. The van der Waals surface area contributed by atoms with Crippen molar-refractivity contribution in [2.24, 2.45) is 0 Å². The fourth-order valence-electron chi connectivity index (χ4n) is 2.02. The number of pyridine rings is 1. The third-order valence-corrected chi connectivity index (χ3v) is 3.80. The number of halogens is 2. The lowest BCUT2D eigenvalue weighted by molar-refractivity contribution is 0.0525. The molecule has 0 unspecified atom stereocenters. The molecular formula is C16H14Cl2N2O4. The van der Waals surface area contributed by atoms with Crippen molar-refractivity contribution in [1.29, 1.82) is 0 Å². The molecule has 6 nitrogen and oxygen atoms in total. The van der Waals surface area contributed by atoms with E-state index in [1.807, 2.05) is 0 Å². The van der Waals surface area contributed by atoms with E-state index in [4.69, 9.17) is 33.0 Å². The third-order valence-electron chi connectivity index (χ3n) is 3.21. The molecule has 0 fully saturated rings. The molecule has 0 radical (unpaired) electrons. The zero-order valence-electron chi connectivity index (χ0n) is 12.9. The first kappa shape index (κ1) is 18.0. The number of carbonyl (C=O) groups is 2. The van der Waals surface area contributed by atoms with E-state index in [2.05, 4.69) is 4.98 Å². The zero-order chi connectivity index (χ0) is 17.9. The van der Waals surface area contributed by atoms with E-state index in [1.165, 1.54) is 30.5 Å². The van der Waals surface area contributed by atoms with Crippen LogP contribution in [0.4, 0.5) is 11.5 Å². The van der Waals surface area contributed by atoms with E-state index in [0.717, 1.165) is 0 Å². The Hall–Kier alpha value is -2.31. The minimum Gasteiger partial charge on any atom is -0.478 e. The molecule has 0 atom stereocenters. The quantitative estimate of drug-likeness (QED) is 0.802. The van der Waals surface area contributed by atoms with Gasteiger partial charge in [-0.25, -0.2) is 14.6 Å². The van der Waals surface area contributed by atoms with Crippen molar-refractivity contribution >= 4 is 46.6 Å². The van der Waals surface area contributed by atoms with E-state index in [9.17, 15) is 9.59 Å². The molecule has 0 aliphatic carbocycles. The van der Waals surface area contributed by atoms with Crippen molar-refractivity contribution < 1.29 is 19.4 Å². The van der Waals surface area contributed by atoms with Gasteiger partial charge < -0.3 is 14.7 Å². The smallest absolute Gasteiger partial charge is 0.339 e. The van der Waals surface area contributed by atoms with Crippen LogP contribution in [0.3, 0.4) is 0 Å². The Bertz CT molecular complexity index is 796. The van der Waals surface area contributed by atoms with Gasteiger partial charge in [0.05, 0.1) is 33.5 Å². The number of aromatic nitrogens is 1. The summed E-state index contributed by atoms with van der Waals surface area (Å²) in [5.41, 5.74) is 0.736. The highest BCUT2D eigenvalue weighted by atomic mass is 35.5. The number of carbonyl (C=O) groups excluding carboxylic acids is 1. The van der Waals surface area contributed by atoms with Crippen molar-refractivity contribution in [2.45, 2.75) is 6.92 Å². The lowest BCUT2D eigenvalue weighted by Gasteiger charge is -2.21. The van der Waals surface area contributed by atoms with Gasteiger partial charge in [0.1, 0.15) is 0 Å². The highest BCUT2D eigenvalue weighted by molar-refractivity contribution is 6.35. The van der Waals surface area contributed by atoms with Crippen molar-refractivity contribution in [2.75, 3.05) is 18.6 Å². The maximum atomic E-state index is 11.7. The Morgan fingerprint density at radius 3 is 2.50 bits per heavy atom. The van der Waals surface area contributed by atoms with Gasteiger partial charge in [0, 0.05) is 13.2 Å². The van der Waals surface area contributed by atoms with Crippen molar-refractivity contribution in [1.82, 2.24) is 4.98 Å². The van der Waals surface area contributed by atoms with Crippen LogP contribution >= 0.6 is 23.2 Å². The summed E-state index contributed by atoms with van der Waals surface area (Å²) in [6.07, 6.45) is 1.34. The molecule has 2 rings (SSSR count). The Kier molecular flexibility index (Phi) is 5.64. The first-order valence-electron chi connectivity index (χ1n) is 6.94. The van der Waals surface area contributed by atoms with E-state index in [-0.39, 0.29) is 22.8 Å². The van der Waals surface area contributed by atoms with Crippen molar-refractivity contribution in [3.63, 3.8) is 0 Å². The number of aromatic carboxylic acids is 1. The topological polar surface area (TPSA) is 79.7 Å². The number of esters is 1. The van der Waals surface area contributed by atoms with Gasteiger partial charge in [-0.15, -0.1) is 0 Å². The molecule has 126 valence electrons. The zero-order valence-corrected chi connectivity index (χ0v) is 14.4. The van der Waals surface area contributed by atoms with Gasteiger partial charge in [0.15, 0.2) is 5.82 Å². The van der Waals surface area contributed by atoms with Crippen LogP contribution in [0, 0.1) is 0 Å². The molecule has 2 aromatic rings. The number of carboxylic acids is 1. The molecule has 0 bridgehead atoms. The van der Waals surface area contributed by atoms with Gasteiger partial charge in [-0.1, -0.05) is 23.2 Å². The second-order valence-electron chi connectivity index (χ2n) is 4.78. The highest BCUT2D eigenvalue weighted by Gasteiger charge is 2.17. The maximum absolute atomic E-state index is 11.7. The maximum Gasteiger partial charge on any atom is 0.339 e. The van der Waals surface area contributed by atoms with Crippen LogP contribution in [0.1, 0.15) is 27.6 Å². The van der Waals surface area contributed by atoms with Crippen LogP contribution in [0.25, 0.3) is 0 Å². The van der Waals surface area contributed by atoms with E-state index < -0.39 is 11.9 Å². The van der Waals surface area contributed by atoms with Crippen LogP contribution < -0.4 is 4.90 Å². The molecule has 24 heavy (non-hydrogen) atoms. The minimum absolute atomic E-state index is 0.0838. The fourth-order valence-corrected chi connectivity index (χ4v) is 2.56. The second kappa shape index (κ2) is 7.51. The monoisotopic (exact) mass is 368 g/mol. The molecule has 1 aromatic heterocycles. The second-order valence-corrected chi connectivity index (χ2v) is 5.59. The summed E-state index contributed by atoms with van der Waals surface area (Å²) in [7, 11) is 1.64. The SMILES string of the molecule is CCOC(=O)c1cnc(N(C)c2cc(C(=O)O)ccc2Cl)c(Cl)c1. The summed E-state index contributed by atoms with van der Waals surface area (Å²) >= 11 is 12.3. The number of carboxylic acid groups (broad SMARTS) is 1. The molecule has 0 aliphatic heterocycles. The summed E-state index contributed by atoms with van der Waals surface area (Å²) in [5.74, 6) is -1.26. The number of hydrogen-bond acceptors (Lipinski definition) is 5. The number of rotatable bonds is 5. The van der Waals surface area contributed by atoms with Crippen LogP contribution in [0.2, 0.25) is 10.0 Å². The number of ether oxygens (including phenoxy) is 1. The van der Waals surface area contributed by atoms with Gasteiger partial charge in [-0.05, 0) is 31.2 Å². The summed E-state index contributed by atoms with van der Waals surface area (Å²) < 4.78 is 4.89. The largest absolute Gasteiger partial charge is 0.478 e. The minimum atomic E-state index is -1.07. The van der Waals surface area contributed by atoms with Crippen LogP contribution in [0.15, 0.2) is 30.5 Å². The van der Waals surface area contributed by atoms with E-state index in [1.54, 1.807) is 18.9 Å². The molecule has 0 aliphatic rings. The Balaban J connectivity index is 2.40. The molecule has 0 amide bonds. The normalized spacial score (nSPS) is 10.3. The van der Waals surface area contributed by atoms with Gasteiger partial charge in [0.25, 0.3) is 0 Å². The van der Waals surface area contributed by atoms with Gasteiger partial charge in [0.2, 0.25) is 0 Å². The summed E-state index contributed by atoms with van der Waals surface area (Å²) in [4.78, 5) is 28.5. The molecule has 1 aromatic carbocycles. The molecular weight excluding hydrogens is 355 g/mol. The standard InChI is InChI=1S/C16H14Cl2N2O4/c1-3-24-16(23)10-6-12(18)14(19-8-10)20(2)13-7-9(15(21)22)4-5-11(13)17/h4-8H,3H2,1-2H3,(H,21,22). The lowest BCUT2D eigenvalue weighted by atomic mass is 10.2. The highest BCUT2D eigenvalue weighted by Crippen LogP contribution is 2.34. The van der Waals surface area contributed by atoms with Crippen molar-refractivity contribution in [3.8, 4) is 0 Å². The first-order chi connectivity index (χ1) is 11.3. The predicted molar refractivity (Wildman–Crippen MR) is 91.7 cm³/mol. The van der Waals surface area contributed by atoms with Crippen LogP contribution in [-0.4, -0.2) is 35.7 Å². The van der Waals surface area contributed by atoms with Crippen LogP contribution in [0.5, 0.6) is 0 Å². The lowest BCUT2D eigenvalue weighted by Crippen LogP contribution is -2.14. The number of anilines is 2. The number of hydrogen-bond donors (Lipinski definition) is 1. The van der Waals surface area contributed by atoms with Gasteiger partial charge in [-0.3, -0.25) is 0 Å². The summed E-state index contributed by atoms with van der Waals surface area (Å²) in [6, 6.07) is 5.74. The molecule has 0 saturated heterocycles. The molecule has 1 N–H and O–H groups in total. The average molecular weight is 369 g/mol. The Morgan fingerprint density at radius 1 is 1.21 bits per heavy atom.